The zero-order chi connectivity index (χ0) is 21.4. The number of hydrogen-bond donors (Lipinski definition) is 2. The van der Waals surface area contributed by atoms with Gasteiger partial charge in [-0.05, 0) is 44.1 Å². The highest BCUT2D eigenvalue weighted by atomic mass is 127. The SMILES string of the molecule is CCNC(=NCC1(c2cccs2)CCCCC1)NC1CCN(CC(=O)N(C)C)CC1.I. The zero-order valence-corrected chi connectivity index (χ0v) is 22.5. The Morgan fingerprint density at radius 3 is 2.55 bits per heavy atom. The lowest BCUT2D eigenvalue weighted by atomic mass is 9.73. The van der Waals surface area contributed by atoms with Crippen molar-refractivity contribution in [2.24, 2.45) is 4.99 Å². The van der Waals surface area contributed by atoms with E-state index in [9.17, 15) is 4.79 Å². The summed E-state index contributed by atoms with van der Waals surface area (Å²) in [6.07, 6.45) is 8.54. The van der Waals surface area contributed by atoms with E-state index >= 15 is 0 Å². The third kappa shape index (κ3) is 7.60. The molecule has 1 aliphatic carbocycles. The van der Waals surface area contributed by atoms with Crippen molar-refractivity contribution in [2.45, 2.75) is 63.3 Å². The molecule has 1 aromatic rings. The fraction of sp³-hybridized carbons (Fsp3) is 0.739. The second kappa shape index (κ2) is 13.0. The van der Waals surface area contributed by atoms with Crippen LogP contribution in [0.1, 0.15) is 56.7 Å². The smallest absolute Gasteiger partial charge is 0.236 e. The number of amides is 1. The van der Waals surface area contributed by atoms with Gasteiger partial charge in [0.05, 0.1) is 13.1 Å². The molecule has 0 atom stereocenters. The molecule has 0 spiro atoms. The Morgan fingerprint density at radius 2 is 1.97 bits per heavy atom. The van der Waals surface area contributed by atoms with Crippen molar-refractivity contribution in [3.8, 4) is 0 Å². The van der Waals surface area contributed by atoms with Gasteiger partial charge in [0, 0.05) is 50.1 Å². The summed E-state index contributed by atoms with van der Waals surface area (Å²) in [5.74, 6) is 1.13. The molecule has 0 aromatic carbocycles. The van der Waals surface area contributed by atoms with E-state index in [-0.39, 0.29) is 35.3 Å². The predicted molar refractivity (Wildman–Crippen MR) is 142 cm³/mol. The van der Waals surface area contributed by atoms with Crippen LogP contribution in [0.15, 0.2) is 22.5 Å². The molecule has 31 heavy (non-hydrogen) atoms. The van der Waals surface area contributed by atoms with E-state index in [0.29, 0.717) is 12.6 Å². The van der Waals surface area contributed by atoms with Gasteiger partial charge in [-0.1, -0.05) is 25.3 Å². The third-order valence-corrected chi connectivity index (χ3v) is 7.64. The van der Waals surface area contributed by atoms with E-state index in [2.05, 4.69) is 40.0 Å². The van der Waals surface area contributed by atoms with E-state index in [1.165, 1.54) is 37.0 Å². The minimum atomic E-state index is 0. The van der Waals surface area contributed by atoms with Gasteiger partial charge in [0.15, 0.2) is 5.96 Å². The molecule has 0 unspecified atom stereocenters. The molecule has 2 fully saturated rings. The number of likely N-dealkylation sites (N-methyl/N-ethyl adjacent to an activating group) is 1. The Morgan fingerprint density at radius 1 is 1.26 bits per heavy atom. The summed E-state index contributed by atoms with van der Waals surface area (Å²) in [5.41, 5.74) is 0.213. The topological polar surface area (TPSA) is 60.0 Å². The number of thiophene rings is 1. The Kier molecular flexibility index (Phi) is 11.1. The quantitative estimate of drug-likeness (QED) is 0.303. The van der Waals surface area contributed by atoms with E-state index < -0.39 is 0 Å². The van der Waals surface area contributed by atoms with Gasteiger partial charge in [-0.25, -0.2) is 0 Å². The third-order valence-electron chi connectivity index (χ3n) is 6.52. The normalized spacial score (nSPS) is 20.0. The highest BCUT2D eigenvalue weighted by Crippen LogP contribution is 2.41. The Balaban J connectivity index is 0.00000341. The van der Waals surface area contributed by atoms with Crippen molar-refractivity contribution in [3.05, 3.63) is 22.4 Å². The molecular formula is C23H40IN5OS. The largest absolute Gasteiger partial charge is 0.357 e. The second-order valence-electron chi connectivity index (χ2n) is 9.00. The molecule has 2 N–H and O–H groups in total. The van der Waals surface area contributed by atoms with Crippen LogP contribution in [0.2, 0.25) is 0 Å². The minimum Gasteiger partial charge on any atom is -0.357 e. The second-order valence-corrected chi connectivity index (χ2v) is 9.94. The maximum atomic E-state index is 12.0. The number of rotatable bonds is 7. The minimum absolute atomic E-state index is 0. The van der Waals surface area contributed by atoms with Crippen molar-refractivity contribution in [3.63, 3.8) is 0 Å². The molecule has 1 amide bonds. The van der Waals surface area contributed by atoms with E-state index in [4.69, 9.17) is 4.99 Å². The molecule has 6 nitrogen and oxygen atoms in total. The number of carbonyl (C=O) groups excluding carboxylic acids is 1. The number of guanidine groups is 1. The van der Waals surface area contributed by atoms with Crippen molar-refractivity contribution < 1.29 is 4.79 Å². The van der Waals surface area contributed by atoms with Crippen LogP contribution in [0, 0.1) is 0 Å². The van der Waals surface area contributed by atoms with Gasteiger partial charge in [-0.3, -0.25) is 14.7 Å². The molecule has 3 rings (SSSR count). The number of hydrogen-bond acceptors (Lipinski definition) is 4. The van der Waals surface area contributed by atoms with Gasteiger partial charge in [0.25, 0.3) is 0 Å². The van der Waals surface area contributed by atoms with Crippen molar-refractivity contribution in [1.29, 1.82) is 0 Å². The Bertz CT molecular complexity index is 680. The summed E-state index contributed by atoms with van der Waals surface area (Å²) >= 11 is 1.89. The number of halogens is 1. The number of carbonyl (C=O) groups is 1. The lowest BCUT2D eigenvalue weighted by molar-refractivity contribution is -0.130. The van der Waals surface area contributed by atoms with Crippen LogP contribution in [0.4, 0.5) is 0 Å². The summed E-state index contributed by atoms with van der Waals surface area (Å²) in [4.78, 5) is 22.5. The van der Waals surface area contributed by atoms with Crippen LogP contribution in [0.5, 0.6) is 0 Å². The van der Waals surface area contributed by atoms with Crippen LogP contribution in [0.3, 0.4) is 0 Å². The Hall–Kier alpha value is -0.870. The number of nitrogens with one attached hydrogen (secondary N) is 2. The van der Waals surface area contributed by atoms with Crippen molar-refractivity contribution >= 4 is 47.2 Å². The molecule has 176 valence electrons. The zero-order valence-electron chi connectivity index (χ0n) is 19.4. The molecule has 1 saturated heterocycles. The Labute approximate surface area is 209 Å². The van der Waals surface area contributed by atoms with Gasteiger partial charge in [-0.2, -0.15) is 0 Å². The van der Waals surface area contributed by atoms with Gasteiger partial charge < -0.3 is 15.5 Å². The number of piperidine rings is 1. The highest BCUT2D eigenvalue weighted by Gasteiger charge is 2.35. The number of likely N-dealkylation sites (tertiary alicyclic amines) is 1. The number of nitrogens with zero attached hydrogens (tertiary/aromatic N) is 3. The van der Waals surface area contributed by atoms with Crippen LogP contribution < -0.4 is 10.6 Å². The molecule has 2 aliphatic rings. The monoisotopic (exact) mass is 561 g/mol. The average molecular weight is 562 g/mol. The molecule has 0 bridgehead atoms. The van der Waals surface area contributed by atoms with Crippen molar-refractivity contribution in [2.75, 3.05) is 46.8 Å². The highest BCUT2D eigenvalue weighted by molar-refractivity contribution is 14.0. The molecule has 2 heterocycles. The summed E-state index contributed by atoms with van der Waals surface area (Å²) in [6.45, 7) is 6.29. The van der Waals surface area contributed by atoms with Gasteiger partial charge in [0.1, 0.15) is 0 Å². The fourth-order valence-corrected chi connectivity index (χ4v) is 5.58. The summed E-state index contributed by atoms with van der Waals surface area (Å²) in [6, 6.07) is 4.90. The first-order chi connectivity index (χ1) is 14.5. The number of aliphatic imine (C=N–C) groups is 1. The first-order valence-electron chi connectivity index (χ1n) is 11.5. The standard InChI is InChI=1S/C23H39N5OS.HI/c1-4-24-22(26-19-10-14-28(15-11-19)17-21(29)27(2)3)25-18-23(12-6-5-7-13-23)20-9-8-16-30-20;/h8-9,16,19H,4-7,10-15,17-18H2,1-3H3,(H2,24,25,26);1H. The van der Waals surface area contributed by atoms with Crippen LogP contribution in [-0.4, -0.2) is 74.5 Å². The van der Waals surface area contributed by atoms with Crippen LogP contribution in [-0.2, 0) is 10.2 Å². The van der Waals surface area contributed by atoms with Crippen molar-refractivity contribution in [1.82, 2.24) is 20.4 Å². The summed E-state index contributed by atoms with van der Waals surface area (Å²) < 4.78 is 0. The lowest BCUT2D eigenvalue weighted by Crippen LogP contribution is -2.50. The molecule has 8 heteroatoms. The van der Waals surface area contributed by atoms with Crippen LogP contribution in [0.25, 0.3) is 0 Å². The summed E-state index contributed by atoms with van der Waals surface area (Å²) in [7, 11) is 3.65. The molecule has 1 saturated carbocycles. The first kappa shape index (κ1) is 26.4. The van der Waals surface area contributed by atoms with Gasteiger partial charge in [0.2, 0.25) is 5.91 Å². The van der Waals surface area contributed by atoms with Gasteiger partial charge in [-0.15, -0.1) is 35.3 Å². The fourth-order valence-electron chi connectivity index (χ4n) is 4.60. The average Bonchev–Trinajstić information content (AvgIpc) is 3.30. The van der Waals surface area contributed by atoms with E-state index in [0.717, 1.165) is 45.0 Å². The lowest BCUT2D eigenvalue weighted by Gasteiger charge is -2.36. The molecule has 1 aromatic heterocycles. The summed E-state index contributed by atoms with van der Waals surface area (Å²) in [5, 5.41) is 9.34. The maximum Gasteiger partial charge on any atom is 0.236 e. The van der Waals surface area contributed by atoms with Gasteiger partial charge >= 0.3 is 0 Å². The maximum absolute atomic E-state index is 12.0. The molecule has 1 aliphatic heterocycles. The first-order valence-corrected chi connectivity index (χ1v) is 12.4. The van der Waals surface area contributed by atoms with E-state index in [1.54, 1.807) is 4.90 Å². The predicted octanol–water partition coefficient (Wildman–Crippen LogP) is 3.68. The van der Waals surface area contributed by atoms with Crippen LogP contribution >= 0.6 is 35.3 Å². The molecule has 0 radical (unpaired) electrons. The molecular weight excluding hydrogens is 521 g/mol. The van der Waals surface area contributed by atoms with E-state index in [1.807, 2.05) is 25.4 Å².